The second-order valence-electron chi connectivity index (χ2n) is 18.0. The number of aryl methyl sites for hydroxylation is 1. The number of pyridine rings is 1. The number of allylic oxidation sites excluding steroid dienone is 2. The van der Waals surface area contributed by atoms with Crippen molar-refractivity contribution in [2.75, 3.05) is 0 Å². The van der Waals surface area contributed by atoms with Crippen molar-refractivity contribution in [3.63, 3.8) is 0 Å². The molecule has 303 valence electrons. The maximum atomic E-state index is 12.3. The number of halogens is 3. The van der Waals surface area contributed by atoms with E-state index in [0.717, 1.165) is 40.9 Å². The number of aliphatic hydroxyl groups is 1. The number of aliphatic hydroxyl groups excluding tert-OH is 1. The molecule has 1 radical (unpaired) electrons. The van der Waals surface area contributed by atoms with Gasteiger partial charge in [-0.15, -0.1) is 29.3 Å². The van der Waals surface area contributed by atoms with Gasteiger partial charge in [-0.25, -0.2) is 0 Å². The van der Waals surface area contributed by atoms with Gasteiger partial charge in [0.1, 0.15) is 5.76 Å². The van der Waals surface area contributed by atoms with Crippen molar-refractivity contribution >= 4 is 49.9 Å². The van der Waals surface area contributed by atoms with Gasteiger partial charge < -0.3 is 5.11 Å². The van der Waals surface area contributed by atoms with Crippen LogP contribution in [0.3, 0.4) is 0 Å². The number of rotatable bonds is 9. The summed E-state index contributed by atoms with van der Waals surface area (Å²) in [5.41, 5.74) is 5.72. The smallest absolute Gasteiger partial charge is 0.389 e. The van der Waals surface area contributed by atoms with Crippen LogP contribution in [0.25, 0.3) is 43.6 Å². The van der Waals surface area contributed by atoms with E-state index in [1.54, 1.807) is 6.92 Å². The number of benzene rings is 4. The number of carbonyl (C=O) groups is 1. The predicted octanol–water partition coefficient (Wildman–Crippen LogP) is 14.8. The first-order valence-electron chi connectivity index (χ1n) is 20.0. The zero-order valence-corrected chi connectivity index (χ0v) is 37.9. The third-order valence-corrected chi connectivity index (χ3v) is 12.1. The number of alkyl halides is 3. The molecule has 8 heteroatoms. The van der Waals surface area contributed by atoms with Crippen molar-refractivity contribution in [1.82, 2.24) is 4.98 Å². The first kappa shape index (κ1) is 43.9. The Kier molecular flexibility index (Phi) is 13.6. The van der Waals surface area contributed by atoms with E-state index in [4.69, 9.17) is 6.35 Å². The number of nitrogens with zero attached hydrogens (tertiary/aromatic N) is 1. The summed E-state index contributed by atoms with van der Waals surface area (Å²) in [6.07, 6.45) is -0.878. The third kappa shape index (κ3) is 10.3. The van der Waals surface area contributed by atoms with Gasteiger partial charge in [-0.05, 0) is 94.0 Å². The summed E-state index contributed by atoms with van der Waals surface area (Å²) in [6, 6.07) is 21.5. The zero-order valence-electron chi connectivity index (χ0n) is 35.7. The van der Waals surface area contributed by atoms with E-state index in [9.17, 15) is 23.1 Å². The van der Waals surface area contributed by atoms with Crippen LogP contribution < -0.4 is 0 Å². The Morgan fingerprint density at radius 2 is 1.57 bits per heavy atom. The topological polar surface area (TPSA) is 50.2 Å². The van der Waals surface area contributed by atoms with Crippen molar-refractivity contribution in [3.05, 3.63) is 89.3 Å². The van der Waals surface area contributed by atoms with Crippen molar-refractivity contribution in [1.29, 1.82) is 0 Å². The van der Waals surface area contributed by atoms with Crippen LogP contribution in [0, 0.1) is 35.2 Å². The molecule has 5 aromatic rings. The first-order valence-corrected chi connectivity index (χ1v) is 20.3. The van der Waals surface area contributed by atoms with Gasteiger partial charge in [0.15, 0.2) is 5.78 Å². The number of hydrogen-bond donors (Lipinski definition) is 1. The maximum absolute atomic E-state index is 12.3. The molecule has 56 heavy (non-hydrogen) atoms. The fourth-order valence-corrected chi connectivity index (χ4v) is 8.70. The number of carbonyl (C=O) groups excluding carboxylic acids is 1. The Bertz CT molecular complexity index is 2320. The predicted molar refractivity (Wildman–Crippen MR) is 225 cm³/mol. The maximum Gasteiger partial charge on any atom is 0.389 e. The summed E-state index contributed by atoms with van der Waals surface area (Å²) in [5, 5.41) is 17.2. The molecular formula is C48H57F3IrNO2S-. The fraction of sp³-hybridized carbons (Fsp3) is 0.458. The molecule has 0 saturated carbocycles. The summed E-state index contributed by atoms with van der Waals surface area (Å²) in [4.78, 5) is 19.2. The van der Waals surface area contributed by atoms with Gasteiger partial charge in [0.25, 0.3) is 0 Å². The van der Waals surface area contributed by atoms with Crippen molar-refractivity contribution < 1.29 is 44.5 Å². The molecule has 1 aliphatic heterocycles. The first-order chi connectivity index (χ1) is 26.0. The molecule has 4 aromatic carbocycles. The summed E-state index contributed by atoms with van der Waals surface area (Å²) in [5.74, 6) is -1.88. The van der Waals surface area contributed by atoms with Gasteiger partial charge in [-0.1, -0.05) is 122 Å². The number of hydrogen-bond acceptors (Lipinski definition) is 4. The second kappa shape index (κ2) is 17.3. The summed E-state index contributed by atoms with van der Waals surface area (Å²) < 4.78 is 45.7. The van der Waals surface area contributed by atoms with E-state index in [1.165, 1.54) is 54.9 Å². The van der Waals surface area contributed by atoms with E-state index in [2.05, 4.69) is 97.0 Å². The van der Waals surface area contributed by atoms with Crippen LogP contribution in [0.1, 0.15) is 113 Å². The molecule has 0 aliphatic carbocycles. The minimum atomic E-state index is -4.36. The van der Waals surface area contributed by atoms with Crippen molar-refractivity contribution in [2.45, 2.75) is 131 Å². The van der Waals surface area contributed by atoms with Gasteiger partial charge in [0.05, 0.1) is 7.79 Å². The molecule has 1 unspecified atom stereocenters. The summed E-state index contributed by atoms with van der Waals surface area (Å²) >= 11 is 1.88. The minimum absolute atomic E-state index is 0. The van der Waals surface area contributed by atoms with Crippen LogP contribution in [-0.4, -0.2) is 22.1 Å². The number of ketones is 1. The Hall–Kier alpha value is -3.19. The molecule has 0 saturated heterocycles. The SMILES string of the molecule is CCC(CC(F)(F)F)C(=O)/C=C(\O)C(C)(CC)CC.[2H]c1cc2c3c(cc4c(CC(C)(C)C)cccc42)Sc2c([c-]c4cc(C)ccc4c2CC(C)(C)C)-c3n1.[Ir]. The second-order valence-corrected chi connectivity index (χ2v) is 19.0. The van der Waals surface area contributed by atoms with Gasteiger partial charge >= 0.3 is 6.18 Å². The minimum Gasteiger partial charge on any atom is -0.512 e. The average molecular weight is 962 g/mol. The molecule has 0 amide bonds. The quantitative estimate of drug-likeness (QED) is 0.0679. The van der Waals surface area contributed by atoms with Crippen LogP contribution in [0.5, 0.6) is 0 Å². The summed E-state index contributed by atoms with van der Waals surface area (Å²) in [6.45, 7) is 23.0. The average Bonchev–Trinajstić information content (AvgIpc) is 3.09. The molecule has 1 N–H and O–H groups in total. The Balaban J connectivity index is 0.000000309. The number of fused-ring (bicyclic) bond motifs is 5. The Labute approximate surface area is 351 Å². The van der Waals surface area contributed by atoms with Gasteiger partial charge in [-0.2, -0.15) is 13.2 Å². The van der Waals surface area contributed by atoms with Crippen LogP contribution in [0.4, 0.5) is 13.2 Å². The Morgan fingerprint density at radius 1 is 0.911 bits per heavy atom. The zero-order chi connectivity index (χ0) is 41.5. The molecule has 6 rings (SSSR count). The van der Waals surface area contributed by atoms with E-state index < -0.39 is 29.7 Å². The molecule has 1 aromatic heterocycles. The van der Waals surface area contributed by atoms with E-state index in [0.29, 0.717) is 19.0 Å². The molecule has 2 heterocycles. The van der Waals surface area contributed by atoms with Crippen LogP contribution >= 0.6 is 11.8 Å². The number of aromatic nitrogens is 1. The van der Waals surface area contributed by atoms with E-state index in [1.807, 2.05) is 31.7 Å². The molecule has 3 nitrogen and oxygen atoms in total. The molecule has 0 bridgehead atoms. The molecular weight excluding hydrogens is 904 g/mol. The monoisotopic (exact) mass is 962 g/mol. The van der Waals surface area contributed by atoms with Crippen LogP contribution in [0.2, 0.25) is 0 Å². The molecule has 0 fully saturated rings. The van der Waals surface area contributed by atoms with Gasteiger partial charge in [-0.3, -0.25) is 9.78 Å². The molecule has 1 aliphatic rings. The fourth-order valence-electron chi connectivity index (χ4n) is 7.44. The van der Waals surface area contributed by atoms with E-state index in [-0.39, 0.29) is 43.1 Å². The standard InChI is InChI=1S/C34H34NS.C14H23F3O2.Ir/c1-20-11-12-23-22(15-20)16-27-31-30-25(13-14-35-31)24-10-8-9-21(18-33(2,3)4)26(24)17-29(30)36-32(27)28(23)19-34(5,6)7;1-5-10(9-14(15,16)17)11(18)8-12(19)13(4,6-2)7-3;/h8-15,17H,18-19H2,1-7H3;8,10,19H,5-7,9H2,1-4H3;/q-1;;/b;12-8-;/i14D;;. The molecule has 0 spiro atoms. The Morgan fingerprint density at radius 3 is 2.16 bits per heavy atom. The van der Waals surface area contributed by atoms with Crippen molar-refractivity contribution in [3.8, 4) is 11.3 Å². The third-order valence-electron chi connectivity index (χ3n) is 10.9. The normalized spacial score (nSPS) is 14.2. The largest absolute Gasteiger partial charge is 0.512 e. The van der Waals surface area contributed by atoms with E-state index >= 15 is 0 Å². The van der Waals surface area contributed by atoms with Crippen LogP contribution in [-0.2, 0) is 37.7 Å². The molecule has 1 atom stereocenters. The van der Waals surface area contributed by atoms with Gasteiger partial charge in [0.2, 0.25) is 0 Å². The van der Waals surface area contributed by atoms with Crippen LogP contribution in [0.15, 0.2) is 76.3 Å². The van der Waals surface area contributed by atoms with Gasteiger partial charge in [0, 0.05) is 54.3 Å². The van der Waals surface area contributed by atoms with Crippen molar-refractivity contribution in [2.24, 2.45) is 22.2 Å². The summed E-state index contributed by atoms with van der Waals surface area (Å²) in [7, 11) is 0.